The summed E-state index contributed by atoms with van der Waals surface area (Å²) in [7, 11) is 2.07. The second-order valence-corrected chi connectivity index (χ2v) is 8.21. The molecule has 0 saturated carbocycles. The van der Waals surface area contributed by atoms with Crippen LogP contribution in [0, 0.1) is 17.1 Å². The second-order valence-electron chi connectivity index (χ2n) is 8.21. The summed E-state index contributed by atoms with van der Waals surface area (Å²) in [5.74, 6) is -0.970. The van der Waals surface area contributed by atoms with Crippen LogP contribution < -0.4 is 32.1 Å². The standard InChI is InChI=1S/C23H29FN8O/c1-32-21(30-31-22(32)19-9-10-26-14-28-19)13-27-16-6-4-5-15(11-16)23(33)29-20(12-25)17-7-2-3-8-18(17)24/h2-8,11,19-22,26-28,30-31H,9-10,13-14H2,1H3,(H,29,33)/t19?,20-,21?,22?/m1/s1. The van der Waals surface area contributed by atoms with Crippen LogP contribution in [-0.4, -0.2) is 56.0 Å². The van der Waals surface area contributed by atoms with E-state index in [2.05, 4.69) is 44.1 Å². The number of rotatable bonds is 7. The van der Waals surface area contributed by atoms with Crippen molar-refractivity contribution in [1.29, 1.82) is 5.26 Å². The maximum absolute atomic E-state index is 14.0. The van der Waals surface area contributed by atoms with E-state index in [1.165, 1.54) is 12.1 Å². The summed E-state index contributed by atoms with van der Waals surface area (Å²) in [6, 6.07) is 14.2. The van der Waals surface area contributed by atoms with E-state index in [9.17, 15) is 14.4 Å². The third kappa shape index (κ3) is 5.47. The summed E-state index contributed by atoms with van der Waals surface area (Å²) in [6.45, 7) is 2.41. The number of carbonyl (C=O) groups excluding carboxylic acids is 1. The summed E-state index contributed by atoms with van der Waals surface area (Å²) >= 11 is 0. The van der Waals surface area contributed by atoms with E-state index < -0.39 is 17.8 Å². The number of anilines is 1. The lowest BCUT2D eigenvalue weighted by atomic mass is 10.1. The highest BCUT2D eigenvalue weighted by molar-refractivity contribution is 5.95. The Morgan fingerprint density at radius 1 is 1.27 bits per heavy atom. The first-order valence-electron chi connectivity index (χ1n) is 11.0. The molecular weight excluding hydrogens is 423 g/mol. The van der Waals surface area contributed by atoms with Gasteiger partial charge in [0.1, 0.15) is 11.9 Å². The van der Waals surface area contributed by atoms with Gasteiger partial charge in [-0.25, -0.2) is 15.2 Å². The van der Waals surface area contributed by atoms with Crippen molar-refractivity contribution in [3.63, 3.8) is 0 Å². The molecular formula is C23H29FN8O. The molecule has 2 aromatic carbocycles. The fraction of sp³-hybridized carbons (Fsp3) is 0.391. The van der Waals surface area contributed by atoms with Gasteiger partial charge < -0.3 is 16.0 Å². The number of likely N-dealkylation sites (N-methyl/N-ethyl adjacent to an activating group) is 1. The van der Waals surface area contributed by atoms with Gasteiger partial charge in [0.25, 0.3) is 5.91 Å². The van der Waals surface area contributed by atoms with Gasteiger partial charge in [0.05, 0.1) is 18.4 Å². The molecule has 174 valence electrons. The van der Waals surface area contributed by atoms with Crippen LogP contribution in [0.3, 0.4) is 0 Å². The predicted octanol–water partition coefficient (Wildman–Crippen LogP) is 0.833. The molecule has 0 spiro atoms. The molecule has 0 aromatic heterocycles. The Morgan fingerprint density at radius 2 is 2.12 bits per heavy atom. The maximum Gasteiger partial charge on any atom is 0.252 e. The quantitative estimate of drug-likeness (QED) is 0.366. The van der Waals surface area contributed by atoms with Gasteiger partial charge in [-0.1, -0.05) is 24.3 Å². The molecule has 2 aliphatic rings. The average Bonchev–Trinajstić information content (AvgIpc) is 3.22. The van der Waals surface area contributed by atoms with E-state index in [0.29, 0.717) is 18.2 Å². The number of nitrogens with zero attached hydrogens (tertiary/aromatic N) is 2. The topological polar surface area (TPSA) is 116 Å². The van der Waals surface area contributed by atoms with Crippen molar-refractivity contribution in [2.75, 3.05) is 32.1 Å². The van der Waals surface area contributed by atoms with Crippen molar-refractivity contribution in [1.82, 2.24) is 31.7 Å². The molecule has 9 nitrogen and oxygen atoms in total. The number of benzene rings is 2. The number of carbonyl (C=O) groups is 1. The molecule has 2 heterocycles. The van der Waals surface area contributed by atoms with Crippen molar-refractivity contribution >= 4 is 11.6 Å². The highest BCUT2D eigenvalue weighted by atomic mass is 19.1. The molecule has 10 heteroatoms. The second kappa shape index (κ2) is 10.7. The Labute approximate surface area is 192 Å². The van der Waals surface area contributed by atoms with Gasteiger partial charge in [0, 0.05) is 36.1 Å². The largest absolute Gasteiger partial charge is 0.382 e. The van der Waals surface area contributed by atoms with Crippen LogP contribution in [0.15, 0.2) is 48.5 Å². The Balaban J connectivity index is 1.34. The van der Waals surface area contributed by atoms with Gasteiger partial charge in [-0.3, -0.25) is 15.0 Å². The molecule has 2 aliphatic heterocycles. The molecule has 2 fully saturated rings. The monoisotopic (exact) mass is 452 g/mol. The normalized spacial score (nSPS) is 24.1. The summed E-state index contributed by atoms with van der Waals surface area (Å²) in [4.78, 5) is 15.0. The molecule has 2 saturated heterocycles. The number of nitrogens with one attached hydrogen (secondary N) is 6. The molecule has 4 atom stereocenters. The Bertz CT molecular complexity index is 1010. The van der Waals surface area contributed by atoms with Crippen LogP contribution in [0.4, 0.5) is 10.1 Å². The van der Waals surface area contributed by atoms with Gasteiger partial charge in [-0.2, -0.15) is 5.26 Å². The first kappa shape index (κ1) is 23.1. The summed E-state index contributed by atoms with van der Waals surface area (Å²) in [5, 5.41) is 22.2. The Hall–Kier alpha value is -3.07. The number of hydrogen-bond donors (Lipinski definition) is 6. The summed E-state index contributed by atoms with van der Waals surface area (Å²) < 4.78 is 14.0. The molecule has 0 aliphatic carbocycles. The zero-order valence-corrected chi connectivity index (χ0v) is 18.4. The van der Waals surface area contributed by atoms with Crippen molar-refractivity contribution in [2.45, 2.75) is 30.8 Å². The predicted molar refractivity (Wildman–Crippen MR) is 123 cm³/mol. The van der Waals surface area contributed by atoms with Crippen LogP contribution in [0.25, 0.3) is 0 Å². The minimum Gasteiger partial charge on any atom is -0.382 e. The molecule has 2 aromatic rings. The molecule has 6 N–H and O–H groups in total. The zero-order chi connectivity index (χ0) is 23.2. The third-order valence-electron chi connectivity index (χ3n) is 6.08. The SMILES string of the molecule is CN1C(CNc2cccc(C(=O)N[C@H](C#N)c3ccccc3F)c2)NNC1C1CCNCN1. The minimum absolute atomic E-state index is 0.0631. The lowest BCUT2D eigenvalue weighted by Crippen LogP contribution is -2.57. The summed E-state index contributed by atoms with van der Waals surface area (Å²) in [5.41, 5.74) is 7.99. The van der Waals surface area contributed by atoms with E-state index in [1.807, 2.05) is 12.1 Å². The highest BCUT2D eigenvalue weighted by Crippen LogP contribution is 2.18. The van der Waals surface area contributed by atoms with E-state index in [-0.39, 0.29) is 17.9 Å². The van der Waals surface area contributed by atoms with Crippen molar-refractivity contribution < 1.29 is 9.18 Å². The molecule has 0 bridgehead atoms. The molecule has 4 rings (SSSR count). The molecule has 33 heavy (non-hydrogen) atoms. The number of halogens is 1. The smallest absolute Gasteiger partial charge is 0.252 e. The number of amides is 1. The lowest BCUT2D eigenvalue weighted by molar-refractivity contribution is 0.0944. The average molecular weight is 453 g/mol. The number of hydrogen-bond acceptors (Lipinski definition) is 8. The fourth-order valence-corrected chi connectivity index (χ4v) is 4.17. The van der Waals surface area contributed by atoms with Gasteiger partial charge in [0.15, 0.2) is 0 Å². The van der Waals surface area contributed by atoms with Crippen LogP contribution in [-0.2, 0) is 0 Å². The maximum atomic E-state index is 14.0. The van der Waals surface area contributed by atoms with E-state index >= 15 is 0 Å². The van der Waals surface area contributed by atoms with E-state index in [4.69, 9.17) is 0 Å². The Kier molecular flexibility index (Phi) is 7.49. The van der Waals surface area contributed by atoms with Gasteiger partial charge in [-0.15, -0.1) is 0 Å². The zero-order valence-electron chi connectivity index (χ0n) is 18.4. The van der Waals surface area contributed by atoms with Crippen LogP contribution >= 0.6 is 0 Å². The van der Waals surface area contributed by atoms with E-state index in [1.54, 1.807) is 30.3 Å². The van der Waals surface area contributed by atoms with Gasteiger partial charge >= 0.3 is 0 Å². The van der Waals surface area contributed by atoms with Crippen LogP contribution in [0.5, 0.6) is 0 Å². The number of nitriles is 1. The first-order valence-corrected chi connectivity index (χ1v) is 11.0. The van der Waals surface area contributed by atoms with Crippen LogP contribution in [0.1, 0.15) is 28.4 Å². The Morgan fingerprint density at radius 3 is 2.88 bits per heavy atom. The summed E-state index contributed by atoms with van der Waals surface area (Å²) in [6.07, 6.45) is 1.28. The minimum atomic E-state index is -1.07. The highest BCUT2D eigenvalue weighted by Gasteiger charge is 2.35. The van der Waals surface area contributed by atoms with Crippen molar-refractivity contribution in [3.05, 3.63) is 65.5 Å². The van der Waals surface area contributed by atoms with Crippen LogP contribution in [0.2, 0.25) is 0 Å². The molecule has 0 radical (unpaired) electrons. The number of hydrazine groups is 1. The van der Waals surface area contributed by atoms with Gasteiger partial charge in [-0.05, 0) is 44.3 Å². The van der Waals surface area contributed by atoms with Gasteiger partial charge in [0.2, 0.25) is 0 Å². The molecule has 3 unspecified atom stereocenters. The third-order valence-corrected chi connectivity index (χ3v) is 6.08. The first-order chi connectivity index (χ1) is 16.1. The molecule has 1 amide bonds. The van der Waals surface area contributed by atoms with Crippen molar-refractivity contribution in [3.8, 4) is 6.07 Å². The fourth-order valence-electron chi connectivity index (χ4n) is 4.17. The lowest BCUT2D eigenvalue weighted by Gasteiger charge is -2.33. The van der Waals surface area contributed by atoms with E-state index in [0.717, 1.165) is 25.3 Å². The van der Waals surface area contributed by atoms with Crippen molar-refractivity contribution in [2.24, 2.45) is 0 Å².